The summed E-state index contributed by atoms with van der Waals surface area (Å²) in [6.07, 6.45) is 0.491. The standard InChI is InChI=1S/C11H10N2O2S/c14-9-6-7-10(15)13(9)11(16)12-8-4-2-1-3-5-8/h1-5H,6-7H2,(H,12,16). The van der Waals surface area contributed by atoms with Crippen molar-refractivity contribution in [3.63, 3.8) is 0 Å². The van der Waals surface area contributed by atoms with E-state index in [0.717, 1.165) is 10.6 Å². The summed E-state index contributed by atoms with van der Waals surface area (Å²) in [5.41, 5.74) is 0.764. The van der Waals surface area contributed by atoms with E-state index < -0.39 is 0 Å². The predicted octanol–water partition coefficient (Wildman–Crippen LogP) is 1.53. The van der Waals surface area contributed by atoms with E-state index in [1.54, 1.807) is 0 Å². The number of carbonyl (C=O) groups is 2. The SMILES string of the molecule is O=C1CCC(=O)N1C(=S)Nc1ccccc1. The van der Waals surface area contributed by atoms with Crippen LogP contribution < -0.4 is 5.32 Å². The number of hydrogen-bond acceptors (Lipinski definition) is 3. The minimum Gasteiger partial charge on any atom is -0.332 e. The van der Waals surface area contributed by atoms with E-state index in [2.05, 4.69) is 5.32 Å². The van der Waals surface area contributed by atoms with Gasteiger partial charge in [-0.25, -0.2) is 4.90 Å². The number of anilines is 1. The average molecular weight is 234 g/mol. The number of para-hydroxylation sites is 1. The molecule has 0 bridgehead atoms. The molecule has 1 saturated heterocycles. The van der Waals surface area contributed by atoms with Gasteiger partial charge in [0.15, 0.2) is 5.11 Å². The maximum Gasteiger partial charge on any atom is 0.236 e. The van der Waals surface area contributed by atoms with E-state index >= 15 is 0 Å². The van der Waals surface area contributed by atoms with Gasteiger partial charge in [0, 0.05) is 18.5 Å². The molecule has 1 aromatic rings. The number of nitrogens with one attached hydrogen (secondary N) is 1. The molecule has 0 radical (unpaired) electrons. The first-order chi connectivity index (χ1) is 7.68. The Hall–Kier alpha value is -1.75. The van der Waals surface area contributed by atoms with Crippen LogP contribution in [0.3, 0.4) is 0 Å². The van der Waals surface area contributed by atoms with Crippen molar-refractivity contribution >= 4 is 34.8 Å². The molecule has 1 heterocycles. The van der Waals surface area contributed by atoms with Crippen molar-refractivity contribution in [3.05, 3.63) is 30.3 Å². The number of thiocarbonyl (C=S) groups is 1. The molecule has 82 valence electrons. The van der Waals surface area contributed by atoms with Crippen molar-refractivity contribution in [2.45, 2.75) is 12.8 Å². The Labute approximate surface area is 98.2 Å². The van der Waals surface area contributed by atoms with E-state index in [0.29, 0.717) is 0 Å². The van der Waals surface area contributed by atoms with Gasteiger partial charge in [0.2, 0.25) is 11.8 Å². The van der Waals surface area contributed by atoms with Gasteiger partial charge >= 0.3 is 0 Å². The van der Waals surface area contributed by atoms with Crippen LogP contribution in [0.1, 0.15) is 12.8 Å². The molecule has 1 N–H and O–H groups in total. The molecule has 0 aromatic heterocycles. The highest BCUT2D eigenvalue weighted by atomic mass is 32.1. The first kappa shape index (κ1) is 10.8. The molecule has 16 heavy (non-hydrogen) atoms. The average Bonchev–Trinajstić information content (AvgIpc) is 2.60. The van der Waals surface area contributed by atoms with E-state index in [9.17, 15) is 9.59 Å². The Morgan fingerprint density at radius 2 is 1.69 bits per heavy atom. The molecule has 1 aromatic carbocycles. The first-order valence-electron chi connectivity index (χ1n) is 4.90. The largest absolute Gasteiger partial charge is 0.332 e. The number of carbonyl (C=O) groups excluding carboxylic acids is 2. The summed E-state index contributed by atoms with van der Waals surface area (Å²) in [5.74, 6) is -0.475. The van der Waals surface area contributed by atoms with Crippen molar-refractivity contribution in [3.8, 4) is 0 Å². The van der Waals surface area contributed by atoms with E-state index in [-0.39, 0.29) is 29.8 Å². The highest BCUT2D eigenvalue weighted by Crippen LogP contribution is 2.14. The van der Waals surface area contributed by atoms with Gasteiger partial charge in [-0.2, -0.15) is 0 Å². The van der Waals surface area contributed by atoms with Gasteiger partial charge < -0.3 is 5.32 Å². The summed E-state index contributed by atoms with van der Waals surface area (Å²) >= 11 is 5.02. The summed E-state index contributed by atoms with van der Waals surface area (Å²) in [6, 6.07) is 9.20. The Morgan fingerprint density at radius 3 is 2.25 bits per heavy atom. The highest BCUT2D eigenvalue weighted by molar-refractivity contribution is 7.80. The lowest BCUT2D eigenvalue weighted by atomic mass is 10.3. The third-order valence-corrected chi connectivity index (χ3v) is 2.56. The summed E-state index contributed by atoms with van der Waals surface area (Å²) in [5, 5.41) is 3.01. The van der Waals surface area contributed by atoms with Gasteiger partial charge in [0.25, 0.3) is 0 Å². The predicted molar refractivity (Wildman–Crippen MR) is 63.7 cm³/mol. The fourth-order valence-corrected chi connectivity index (χ4v) is 1.83. The third-order valence-electron chi connectivity index (χ3n) is 2.28. The lowest BCUT2D eigenvalue weighted by Crippen LogP contribution is -2.38. The molecule has 2 rings (SSSR count). The van der Waals surface area contributed by atoms with Gasteiger partial charge in [0.1, 0.15) is 0 Å². The van der Waals surface area contributed by atoms with Crippen LogP contribution >= 0.6 is 12.2 Å². The third kappa shape index (κ3) is 2.09. The van der Waals surface area contributed by atoms with Crippen molar-refractivity contribution in [1.29, 1.82) is 0 Å². The van der Waals surface area contributed by atoms with Gasteiger partial charge in [0.05, 0.1) is 0 Å². The molecule has 0 spiro atoms. The first-order valence-corrected chi connectivity index (χ1v) is 5.31. The summed E-state index contributed by atoms with van der Waals surface area (Å²) in [7, 11) is 0. The molecule has 0 atom stereocenters. The van der Waals surface area contributed by atoms with Gasteiger partial charge in [-0.3, -0.25) is 9.59 Å². The number of imide groups is 1. The molecular weight excluding hydrogens is 224 g/mol. The number of hydrogen-bond donors (Lipinski definition) is 1. The van der Waals surface area contributed by atoms with Crippen LogP contribution in [0.15, 0.2) is 30.3 Å². The van der Waals surface area contributed by atoms with Gasteiger partial charge in [-0.1, -0.05) is 18.2 Å². The quantitative estimate of drug-likeness (QED) is 0.591. The van der Waals surface area contributed by atoms with Crippen molar-refractivity contribution in [1.82, 2.24) is 4.90 Å². The topological polar surface area (TPSA) is 49.4 Å². The second kappa shape index (κ2) is 4.40. The summed E-state index contributed by atoms with van der Waals surface area (Å²) < 4.78 is 0. The molecule has 1 aliphatic rings. The molecular formula is C11H10N2O2S. The van der Waals surface area contributed by atoms with Crippen LogP contribution in [0.5, 0.6) is 0 Å². The molecule has 1 aliphatic heterocycles. The minimum atomic E-state index is -0.238. The lowest BCUT2D eigenvalue weighted by Gasteiger charge is -2.16. The van der Waals surface area contributed by atoms with Crippen LogP contribution in [0, 0.1) is 0 Å². The van der Waals surface area contributed by atoms with E-state index in [4.69, 9.17) is 12.2 Å². The zero-order valence-corrected chi connectivity index (χ0v) is 9.29. The minimum absolute atomic E-state index is 0.152. The monoisotopic (exact) mass is 234 g/mol. The summed E-state index contributed by atoms with van der Waals surface area (Å²) in [6.45, 7) is 0. The molecule has 1 fully saturated rings. The Morgan fingerprint density at radius 1 is 1.12 bits per heavy atom. The normalized spacial score (nSPS) is 15.4. The number of likely N-dealkylation sites (tertiary alicyclic amines) is 1. The Balaban J connectivity index is 2.09. The van der Waals surface area contributed by atoms with Crippen molar-refractivity contribution in [2.75, 3.05) is 5.32 Å². The molecule has 2 amide bonds. The lowest BCUT2D eigenvalue weighted by molar-refractivity contribution is -0.133. The maximum atomic E-state index is 11.4. The molecule has 5 heteroatoms. The second-order valence-electron chi connectivity index (χ2n) is 3.42. The van der Waals surface area contributed by atoms with Crippen LogP contribution in [-0.4, -0.2) is 21.8 Å². The fraction of sp³-hybridized carbons (Fsp3) is 0.182. The van der Waals surface area contributed by atoms with E-state index in [1.165, 1.54) is 0 Å². The van der Waals surface area contributed by atoms with E-state index in [1.807, 2.05) is 30.3 Å². The molecule has 4 nitrogen and oxygen atoms in total. The molecule has 0 aliphatic carbocycles. The zero-order valence-electron chi connectivity index (χ0n) is 8.47. The maximum absolute atomic E-state index is 11.4. The Bertz CT molecular complexity index is 429. The zero-order chi connectivity index (χ0) is 11.5. The fourth-order valence-electron chi connectivity index (χ4n) is 1.50. The van der Waals surface area contributed by atoms with Crippen LogP contribution in [0.2, 0.25) is 0 Å². The van der Waals surface area contributed by atoms with Crippen molar-refractivity contribution in [2.24, 2.45) is 0 Å². The van der Waals surface area contributed by atoms with Crippen LogP contribution in [0.25, 0.3) is 0 Å². The Kier molecular flexibility index (Phi) is 2.96. The smallest absolute Gasteiger partial charge is 0.236 e. The molecule has 0 unspecified atom stereocenters. The number of nitrogens with zero attached hydrogens (tertiary/aromatic N) is 1. The van der Waals surface area contributed by atoms with Crippen molar-refractivity contribution < 1.29 is 9.59 Å². The van der Waals surface area contributed by atoms with Gasteiger partial charge in [-0.15, -0.1) is 0 Å². The van der Waals surface area contributed by atoms with Crippen LogP contribution in [0.4, 0.5) is 5.69 Å². The number of benzene rings is 1. The highest BCUT2D eigenvalue weighted by Gasteiger charge is 2.32. The number of amides is 2. The van der Waals surface area contributed by atoms with Crippen LogP contribution in [-0.2, 0) is 9.59 Å². The van der Waals surface area contributed by atoms with Gasteiger partial charge in [-0.05, 0) is 24.4 Å². The molecule has 0 saturated carbocycles. The number of rotatable bonds is 1. The second-order valence-corrected chi connectivity index (χ2v) is 3.81. The summed E-state index contributed by atoms with van der Waals surface area (Å²) in [4.78, 5) is 23.8.